The number of pyridine rings is 2. The van der Waals surface area contributed by atoms with E-state index < -0.39 is 11.6 Å². The van der Waals surface area contributed by atoms with E-state index in [1.807, 2.05) is 12.1 Å². The lowest BCUT2D eigenvalue weighted by Crippen LogP contribution is -2.54. The number of Topliss-reactive ketones (excluding diaryl/α,β-unsaturated/α-hetero) is 1. The average molecular weight is 898 g/mol. The molecular weight excluding hydrogens is 835 g/mol. The Bertz CT molecular complexity index is 2710. The number of carbonyl (C=O) groups is 3. The Morgan fingerprint density at radius 1 is 0.970 bits per heavy atom. The molecule has 0 radical (unpaired) electrons. The lowest BCUT2D eigenvalue weighted by Gasteiger charge is -2.60. The van der Waals surface area contributed by atoms with Crippen molar-refractivity contribution in [3.05, 3.63) is 99.0 Å². The highest BCUT2D eigenvalue weighted by molar-refractivity contribution is 5.90. The zero-order valence-corrected chi connectivity index (χ0v) is 39.1. The van der Waals surface area contributed by atoms with Crippen LogP contribution < -0.4 is 10.3 Å². The molecule has 4 unspecified atom stereocenters. The van der Waals surface area contributed by atoms with Gasteiger partial charge in [-0.3, -0.25) is 14.5 Å². The van der Waals surface area contributed by atoms with E-state index in [9.17, 15) is 24.3 Å². The number of ketones is 1. The molecule has 0 amide bonds. The first kappa shape index (κ1) is 44.4. The Morgan fingerprint density at radius 3 is 2.52 bits per heavy atom. The van der Waals surface area contributed by atoms with Crippen molar-refractivity contribution in [3.63, 3.8) is 0 Å². The SMILES string of the molecule is C=C(COc1ccc(C(=O)O[C@H]2CC[C@@]3(C)C(CCC4C3CC[C@]3(C)C(=O)CCC43)C2)cc1)O[C@]1(CC)C(=O)OCc2c1cc1n(c2=O)Cc2cc3c(CN(CC)CC)c(O)ccc3nc2-1. The highest BCUT2D eigenvalue weighted by Gasteiger charge is 2.60. The summed E-state index contributed by atoms with van der Waals surface area (Å²) < 4.78 is 25.9. The van der Waals surface area contributed by atoms with Crippen LogP contribution in [0.2, 0.25) is 0 Å². The molecule has 2 aromatic heterocycles. The first-order valence-electron chi connectivity index (χ1n) is 24.4. The second kappa shape index (κ2) is 16.7. The molecule has 0 saturated heterocycles. The van der Waals surface area contributed by atoms with Crippen LogP contribution in [0, 0.1) is 34.5 Å². The van der Waals surface area contributed by atoms with Crippen LogP contribution >= 0.6 is 0 Å². The molecule has 8 atom stereocenters. The van der Waals surface area contributed by atoms with E-state index >= 15 is 0 Å². The van der Waals surface area contributed by atoms with Crippen LogP contribution in [-0.4, -0.2) is 63.1 Å². The Morgan fingerprint density at radius 2 is 1.76 bits per heavy atom. The van der Waals surface area contributed by atoms with E-state index in [0.717, 1.165) is 81.0 Å². The van der Waals surface area contributed by atoms with Crippen molar-refractivity contribution in [1.82, 2.24) is 14.5 Å². The van der Waals surface area contributed by atoms with Gasteiger partial charge in [0.25, 0.3) is 5.56 Å². The summed E-state index contributed by atoms with van der Waals surface area (Å²) in [5.74, 6) is 2.68. The molecule has 66 heavy (non-hydrogen) atoms. The highest BCUT2D eigenvalue weighted by atomic mass is 16.6. The van der Waals surface area contributed by atoms with Crippen LogP contribution in [-0.2, 0) is 49.1 Å². The molecule has 4 aromatic rings. The molecule has 12 nitrogen and oxygen atoms in total. The number of aromatic hydroxyl groups is 1. The van der Waals surface area contributed by atoms with Crippen molar-refractivity contribution in [2.24, 2.45) is 34.5 Å². The Hall–Kier alpha value is -5.49. The maximum atomic E-state index is 14.2. The van der Waals surface area contributed by atoms with Crippen LogP contribution in [0.3, 0.4) is 0 Å². The smallest absolute Gasteiger partial charge is 0.355 e. The third-order valence-electron chi connectivity index (χ3n) is 17.4. The van der Waals surface area contributed by atoms with Gasteiger partial charge in [0, 0.05) is 40.5 Å². The number of phenols is 1. The molecule has 0 spiro atoms. The quantitative estimate of drug-likeness (QED) is 0.0944. The van der Waals surface area contributed by atoms with Crippen LogP contribution in [0.1, 0.15) is 131 Å². The van der Waals surface area contributed by atoms with Crippen LogP contribution in [0.5, 0.6) is 11.5 Å². The Kier molecular flexibility index (Phi) is 11.2. The summed E-state index contributed by atoms with van der Waals surface area (Å²) in [7, 11) is 0. The predicted octanol–water partition coefficient (Wildman–Crippen LogP) is 9.38. The zero-order chi connectivity index (χ0) is 46.3. The fourth-order valence-electron chi connectivity index (χ4n) is 13.5. The summed E-state index contributed by atoms with van der Waals surface area (Å²) in [6.07, 6.45) is 9.09. The average Bonchev–Trinajstić information content (AvgIpc) is 3.84. The molecule has 2 aliphatic heterocycles. The number of esters is 2. The minimum absolute atomic E-state index is 0.0997. The summed E-state index contributed by atoms with van der Waals surface area (Å²) in [6, 6.07) is 14.1. The van der Waals surface area contributed by atoms with Gasteiger partial charge in [-0.2, -0.15) is 0 Å². The van der Waals surface area contributed by atoms with Gasteiger partial charge in [0.2, 0.25) is 5.60 Å². The van der Waals surface area contributed by atoms with E-state index in [0.29, 0.717) is 75.3 Å². The summed E-state index contributed by atoms with van der Waals surface area (Å²) in [6.45, 7) is 17.0. The molecule has 4 heterocycles. The van der Waals surface area contributed by atoms with Gasteiger partial charge in [-0.15, -0.1) is 0 Å². The molecule has 12 heteroatoms. The van der Waals surface area contributed by atoms with Crippen molar-refractivity contribution < 1.29 is 38.4 Å². The summed E-state index contributed by atoms with van der Waals surface area (Å²) >= 11 is 0. The lowest BCUT2D eigenvalue weighted by molar-refractivity contribution is -0.175. The number of nitrogens with zero attached hydrogens (tertiary/aromatic N) is 3. The first-order valence-corrected chi connectivity index (χ1v) is 24.4. The minimum atomic E-state index is -1.65. The number of benzene rings is 2. The number of carbonyl (C=O) groups excluding carboxylic acids is 3. The fourth-order valence-corrected chi connectivity index (χ4v) is 13.5. The second-order valence-electron chi connectivity index (χ2n) is 20.5. The number of fused-ring (bicyclic) bond motifs is 10. The van der Waals surface area contributed by atoms with Gasteiger partial charge in [-0.05, 0) is 148 Å². The number of hydrogen-bond acceptors (Lipinski definition) is 11. The van der Waals surface area contributed by atoms with E-state index in [4.69, 9.17) is 23.9 Å². The van der Waals surface area contributed by atoms with E-state index in [1.165, 1.54) is 6.42 Å². The molecule has 10 rings (SSSR count). The summed E-state index contributed by atoms with van der Waals surface area (Å²) in [5.41, 5.74) is 2.93. The number of aromatic nitrogens is 2. The minimum Gasteiger partial charge on any atom is -0.508 e. The Balaban J connectivity index is 0.795. The van der Waals surface area contributed by atoms with Gasteiger partial charge in [-0.1, -0.05) is 41.2 Å². The molecule has 0 bridgehead atoms. The van der Waals surface area contributed by atoms with E-state index in [1.54, 1.807) is 47.9 Å². The maximum absolute atomic E-state index is 14.2. The highest BCUT2D eigenvalue weighted by Crippen LogP contribution is 2.65. The zero-order valence-electron chi connectivity index (χ0n) is 39.1. The van der Waals surface area contributed by atoms with Gasteiger partial charge in [0.15, 0.2) is 0 Å². The fraction of sp³-hybridized carbons (Fsp3) is 0.537. The number of phenolic OH excluding ortho intramolecular Hbond substituents is 1. The molecule has 4 fully saturated rings. The van der Waals surface area contributed by atoms with Gasteiger partial charge >= 0.3 is 11.9 Å². The standard InChI is InChI=1S/C54H63N3O9/c1-7-54(43-26-45-48-33(27-57(45)49(60)40(43)30-64-51(54)62)24-38-39(28-56(8-2)9-3)46(58)18-17-44(38)55-48)66-31(4)29-63-35-13-10-32(11-14-35)50(61)65-36-20-22-52(5)34(25-36)12-15-37-41-16-19-47(59)53(41,6)23-21-42(37)52/h10-11,13-14,17-18,24,26,34,36-37,41-42,58H,4,7-9,12,15-16,19-23,25,27-30H2,1-3,5-6H3/t34?,36-,37?,41?,42?,52-,53-,54-/m0/s1. The number of cyclic esters (lactones) is 1. The second-order valence-corrected chi connectivity index (χ2v) is 20.5. The van der Waals surface area contributed by atoms with E-state index in [2.05, 4.69) is 39.2 Å². The molecule has 2 aromatic carbocycles. The summed E-state index contributed by atoms with van der Waals surface area (Å²) in [4.78, 5) is 61.6. The molecule has 4 saturated carbocycles. The number of ether oxygens (including phenoxy) is 4. The third-order valence-corrected chi connectivity index (χ3v) is 17.4. The Labute approximate surface area is 386 Å². The largest absolute Gasteiger partial charge is 0.508 e. The van der Waals surface area contributed by atoms with Crippen LogP contribution in [0.4, 0.5) is 0 Å². The van der Waals surface area contributed by atoms with Gasteiger partial charge in [-0.25, -0.2) is 14.6 Å². The molecule has 4 aliphatic carbocycles. The van der Waals surface area contributed by atoms with Gasteiger partial charge in [0.05, 0.1) is 34.6 Å². The number of hydrogen-bond donors (Lipinski definition) is 1. The predicted molar refractivity (Wildman–Crippen MR) is 249 cm³/mol. The van der Waals surface area contributed by atoms with Crippen LogP contribution in [0.15, 0.2) is 65.7 Å². The molecular formula is C54H63N3O9. The lowest BCUT2D eigenvalue weighted by atomic mass is 9.45. The van der Waals surface area contributed by atoms with Crippen LogP contribution in [0.25, 0.3) is 22.3 Å². The monoisotopic (exact) mass is 897 g/mol. The third kappa shape index (κ3) is 7.06. The van der Waals surface area contributed by atoms with Crippen molar-refractivity contribution in [2.75, 3.05) is 19.7 Å². The normalized spacial score (nSPS) is 29.5. The number of rotatable bonds is 12. The summed E-state index contributed by atoms with van der Waals surface area (Å²) in [5, 5.41) is 11.7. The van der Waals surface area contributed by atoms with Crippen molar-refractivity contribution in [3.8, 4) is 22.9 Å². The first-order chi connectivity index (χ1) is 31.7. The maximum Gasteiger partial charge on any atom is 0.355 e. The topological polar surface area (TPSA) is 146 Å². The van der Waals surface area contributed by atoms with Gasteiger partial charge < -0.3 is 28.6 Å². The molecule has 1 N–H and O–H groups in total. The molecule has 348 valence electrons. The molecule has 6 aliphatic rings. The van der Waals surface area contributed by atoms with E-state index in [-0.39, 0.29) is 66.2 Å². The van der Waals surface area contributed by atoms with Gasteiger partial charge in [0.1, 0.15) is 42.4 Å². The van der Waals surface area contributed by atoms with Crippen molar-refractivity contribution in [1.29, 1.82) is 0 Å². The van der Waals surface area contributed by atoms with Crippen molar-refractivity contribution >= 4 is 28.6 Å². The van der Waals surface area contributed by atoms with Crippen molar-refractivity contribution in [2.45, 2.75) is 130 Å².